The standard InChI is InChI=1S/C26H32N2O3/c1-30-24-10-11-25(31-2)23-17-27(13-12-22(23)24)26(29)19-14-20-8-9-21(15-19)28(20)16-18-6-4-3-5-7-18/h3-7,10-11,19-21H,8-9,12-17H2,1-2H3. The van der Waals surface area contributed by atoms with Crippen LogP contribution in [0.15, 0.2) is 42.5 Å². The van der Waals surface area contributed by atoms with E-state index in [1.165, 1.54) is 24.0 Å². The van der Waals surface area contributed by atoms with E-state index in [0.29, 0.717) is 24.5 Å². The zero-order chi connectivity index (χ0) is 21.4. The normalized spacial score (nSPS) is 25.2. The molecule has 5 heteroatoms. The van der Waals surface area contributed by atoms with E-state index in [0.717, 1.165) is 49.4 Å². The van der Waals surface area contributed by atoms with Crippen molar-refractivity contribution in [3.63, 3.8) is 0 Å². The van der Waals surface area contributed by atoms with Crippen LogP contribution in [0.2, 0.25) is 0 Å². The van der Waals surface area contributed by atoms with Crippen LogP contribution in [-0.2, 0) is 24.3 Å². The van der Waals surface area contributed by atoms with Crippen molar-refractivity contribution in [1.82, 2.24) is 9.80 Å². The molecule has 3 heterocycles. The van der Waals surface area contributed by atoms with E-state index >= 15 is 0 Å². The van der Waals surface area contributed by atoms with Crippen molar-refractivity contribution in [2.45, 2.75) is 57.3 Å². The number of carbonyl (C=O) groups excluding carboxylic acids is 1. The highest BCUT2D eigenvalue weighted by Crippen LogP contribution is 2.41. The summed E-state index contributed by atoms with van der Waals surface area (Å²) in [6, 6.07) is 15.7. The highest BCUT2D eigenvalue weighted by molar-refractivity contribution is 5.79. The van der Waals surface area contributed by atoms with E-state index in [1.54, 1.807) is 14.2 Å². The van der Waals surface area contributed by atoms with Gasteiger partial charge in [0, 0.05) is 48.8 Å². The Bertz CT molecular complexity index is 931. The molecule has 2 bridgehead atoms. The second-order valence-electron chi connectivity index (χ2n) is 9.15. The molecule has 2 unspecified atom stereocenters. The second kappa shape index (κ2) is 8.54. The highest BCUT2D eigenvalue weighted by Gasteiger charge is 2.44. The summed E-state index contributed by atoms with van der Waals surface area (Å²) in [5, 5.41) is 0. The molecule has 2 atom stereocenters. The summed E-state index contributed by atoms with van der Waals surface area (Å²) in [5.74, 6) is 2.22. The molecule has 0 radical (unpaired) electrons. The molecule has 0 N–H and O–H groups in total. The molecule has 0 aromatic heterocycles. The molecule has 0 saturated carbocycles. The summed E-state index contributed by atoms with van der Waals surface area (Å²) in [7, 11) is 3.40. The van der Waals surface area contributed by atoms with Gasteiger partial charge < -0.3 is 14.4 Å². The van der Waals surface area contributed by atoms with Gasteiger partial charge in [-0.3, -0.25) is 9.69 Å². The van der Waals surface area contributed by atoms with Crippen molar-refractivity contribution in [2.75, 3.05) is 20.8 Å². The number of hydrogen-bond donors (Lipinski definition) is 0. The van der Waals surface area contributed by atoms with Crippen molar-refractivity contribution in [1.29, 1.82) is 0 Å². The van der Waals surface area contributed by atoms with Crippen LogP contribution in [0.3, 0.4) is 0 Å². The molecule has 1 amide bonds. The van der Waals surface area contributed by atoms with Crippen LogP contribution in [0.25, 0.3) is 0 Å². The number of carbonyl (C=O) groups is 1. The van der Waals surface area contributed by atoms with Crippen molar-refractivity contribution < 1.29 is 14.3 Å². The summed E-state index contributed by atoms with van der Waals surface area (Å²) in [4.78, 5) is 18.2. The fraction of sp³-hybridized carbons (Fsp3) is 0.500. The Kier molecular flexibility index (Phi) is 5.61. The van der Waals surface area contributed by atoms with Gasteiger partial charge in [-0.25, -0.2) is 0 Å². The summed E-state index contributed by atoms with van der Waals surface area (Å²) < 4.78 is 11.2. The van der Waals surface area contributed by atoms with Crippen LogP contribution in [0.4, 0.5) is 0 Å². The van der Waals surface area contributed by atoms with Gasteiger partial charge in [-0.2, -0.15) is 0 Å². The topological polar surface area (TPSA) is 42.0 Å². The monoisotopic (exact) mass is 420 g/mol. The Morgan fingerprint density at radius 2 is 1.58 bits per heavy atom. The Labute approximate surface area is 184 Å². The zero-order valence-electron chi connectivity index (χ0n) is 18.5. The Morgan fingerprint density at radius 1 is 0.935 bits per heavy atom. The maximum absolute atomic E-state index is 13.5. The largest absolute Gasteiger partial charge is 0.496 e. The van der Waals surface area contributed by atoms with Crippen molar-refractivity contribution in [2.24, 2.45) is 5.92 Å². The third kappa shape index (κ3) is 3.80. The van der Waals surface area contributed by atoms with E-state index in [9.17, 15) is 4.79 Å². The first kappa shape index (κ1) is 20.4. The van der Waals surface area contributed by atoms with Crippen LogP contribution < -0.4 is 9.47 Å². The van der Waals surface area contributed by atoms with E-state index in [2.05, 4.69) is 40.1 Å². The van der Waals surface area contributed by atoms with E-state index in [4.69, 9.17) is 9.47 Å². The van der Waals surface area contributed by atoms with Gasteiger partial charge in [0.25, 0.3) is 0 Å². The van der Waals surface area contributed by atoms with Crippen LogP contribution in [0.5, 0.6) is 11.5 Å². The third-order valence-corrected chi connectivity index (χ3v) is 7.52. The molecular formula is C26H32N2O3. The summed E-state index contributed by atoms with van der Waals surface area (Å²) >= 11 is 0. The molecule has 2 saturated heterocycles. The number of amides is 1. The molecule has 164 valence electrons. The van der Waals surface area contributed by atoms with Gasteiger partial charge in [0.05, 0.1) is 14.2 Å². The van der Waals surface area contributed by atoms with Crippen LogP contribution in [0.1, 0.15) is 42.4 Å². The van der Waals surface area contributed by atoms with Crippen LogP contribution in [-0.4, -0.2) is 48.6 Å². The highest BCUT2D eigenvalue weighted by atomic mass is 16.5. The minimum atomic E-state index is 0.141. The lowest BCUT2D eigenvalue weighted by molar-refractivity contribution is -0.139. The number of benzene rings is 2. The summed E-state index contributed by atoms with van der Waals surface area (Å²) in [5.41, 5.74) is 3.66. The first-order valence-electron chi connectivity index (χ1n) is 11.5. The van der Waals surface area contributed by atoms with E-state index < -0.39 is 0 Å². The van der Waals surface area contributed by atoms with Gasteiger partial charge >= 0.3 is 0 Å². The molecule has 2 aromatic carbocycles. The van der Waals surface area contributed by atoms with Gasteiger partial charge in [0.2, 0.25) is 5.91 Å². The minimum Gasteiger partial charge on any atom is -0.496 e. The third-order valence-electron chi connectivity index (χ3n) is 7.52. The van der Waals surface area contributed by atoms with Crippen LogP contribution in [0, 0.1) is 5.92 Å². The van der Waals surface area contributed by atoms with Crippen molar-refractivity contribution in [3.05, 3.63) is 59.2 Å². The van der Waals surface area contributed by atoms with Gasteiger partial charge in [-0.15, -0.1) is 0 Å². The Hall–Kier alpha value is -2.53. The molecule has 2 fully saturated rings. The molecule has 0 spiro atoms. The number of methoxy groups -OCH3 is 2. The van der Waals surface area contributed by atoms with Gasteiger partial charge in [-0.05, 0) is 49.8 Å². The fourth-order valence-corrected chi connectivity index (χ4v) is 5.97. The SMILES string of the molecule is COc1ccc(OC)c2c1CCN(C(=O)C1CC3CCC(C1)N3Cc1ccccc1)C2. The van der Waals surface area contributed by atoms with Crippen molar-refractivity contribution in [3.8, 4) is 11.5 Å². The molecule has 31 heavy (non-hydrogen) atoms. The first-order chi connectivity index (χ1) is 15.2. The maximum atomic E-state index is 13.5. The average molecular weight is 421 g/mol. The minimum absolute atomic E-state index is 0.141. The predicted octanol–water partition coefficient (Wildman–Crippen LogP) is 4.03. The predicted molar refractivity (Wildman–Crippen MR) is 120 cm³/mol. The number of fused-ring (bicyclic) bond motifs is 3. The number of hydrogen-bond acceptors (Lipinski definition) is 4. The molecule has 5 nitrogen and oxygen atoms in total. The van der Waals surface area contributed by atoms with Gasteiger partial charge in [-0.1, -0.05) is 30.3 Å². The zero-order valence-corrected chi connectivity index (χ0v) is 18.5. The Balaban J connectivity index is 1.28. The number of nitrogens with zero attached hydrogens (tertiary/aromatic N) is 2. The smallest absolute Gasteiger partial charge is 0.226 e. The van der Waals surface area contributed by atoms with Gasteiger partial charge in [0.15, 0.2) is 0 Å². The Morgan fingerprint density at radius 3 is 2.23 bits per heavy atom. The number of ether oxygens (including phenoxy) is 2. The molecule has 2 aromatic rings. The molecule has 5 rings (SSSR count). The lowest BCUT2D eigenvalue weighted by Gasteiger charge is -2.41. The number of piperidine rings is 1. The second-order valence-corrected chi connectivity index (χ2v) is 9.15. The van der Waals surface area contributed by atoms with Gasteiger partial charge in [0.1, 0.15) is 11.5 Å². The van der Waals surface area contributed by atoms with Crippen LogP contribution >= 0.6 is 0 Å². The molecule has 3 aliphatic rings. The summed E-state index contributed by atoms with van der Waals surface area (Å²) in [6.45, 7) is 2.38. The van der Waals surface area contributed by atoms with E-state index in [1.807, 2.05) is 12.1 Å². The maximum Gasteiger partial charge on any atom is 0.226 e. The van der Waals surface area contributed by atoms with E-state index in [-0.39, 0.29) is 5.92 Å². The van der Waals surface area contributed by atoms with Crippen molar-refractivity contribution >= 4 is 5.91 Å². The quantitative estimate of drug-likeness (QED) is 0.732. The molecule has 3 aliphatic heterocycles. The average Bonchev–Trinajstić information content (AvgIpc) is 3.04. The molecule has 0 aliphatic carbocycles. The fourth-order valence-electron chi connectivity index (χ4n) is 5.97. The first-order valence-corrected chi connectivity index (χ1v) is 11.5. The number of rotatable bonds is 5. The summed E-state index contributed by atoms with van der Waals surface area (Å²) in [6.07, 6.45) is 5.23. The lowest BCUT2D eigenvalue weighted by atomic mass is 9.88. The lowest BCUT2D eigenvalue weighted by Crippen LogP contribution is -2.48. The molecular weight excluding hydrogens is 388 g/mol.